The summed E-state index contributed by atoms with van der Waals surface area (Å²) in [5, 5.41) is 0. The predicted octanol–water partition coefficient (Wildman–Crippen LogP) is 0.618. The Morgan fingerprint density at radius 2 is 1.92 bits per heavy atom. The van der Waals surface area contributed by atoms with Crippen molar-refractivity contribution in [2.75, 3.05) is 0 Å². The lowest BCUT2D eigenvalue weighted by molar-refractivity contribution is -0.116. The van der Waals surface area contributed by atoms with Crippen LogP contribution < -0.4 is 5.69 Å². The van der Waals surface area contributed by atoms with Crippen molar-refractivity contribution in [2.45, 2.75) is 13.3 Å². The van der Waals surface area contributed by atoms with E-state index < -0.39 is 0 Å². The number of Topliss-reactive ketones (excluding diaryl/α,β-unsaturated/α-hetero) is 1. The van der Waals surface area contributed by atoms with Crippen molar-refractivity contribution in [1.82, 2.24) is 9.13 Å². The number of halogens is 1. The van der Waals surface area contributed by atoms with Crippen LogP contribution in [0.25, 0.3) is 0 Å². The number of hydrogen-bond acceptors (Lipinski definition) is 2. The van der Waals surface area contributed by atoms with Crippen LogP contribution in [0.4, 0.5) is 0 Å². The molecule has 0 bridgehead atoms. The lowest BCUT2D eigenvalue weighted by atomic mass is 10.2. The average molecular weight is 247 g/mol. The smallest absolute Gasteiger partial charge is 0.300 e. The highest BCUT2D eigenvalue weighted by molar-refractivity contribution is 9.10. The normalized spacial score (nSPS) is 10.5. The Morgan fingerprint density at radius 3 is 2.23 bits per heavy atom. The second kappa shape index (κ2) is 3.49. The molecular formula is C8H11BrN2O2. The molecule has 0 aromatic carbocycles. The molecule has 0 radical (unpaired) electrons. The maximum atomic E-state index is 11.4. The SMILES string of the molecule is CC(=O)Cc1c(Br)n(C)c(=O)n1C. The molecule has 0 amide bonds. The first kappa shape index (κ1) is 10.2. The van der Waals surface area contributed by atoms with Gasteiger partial charge in [0, 0.05) is 20.5 Å². The summed E-state index contributed by atoms with van der Waals surface area (Å²) in [6.07, 6.45) is 0.285. The molecule has 0 aliphatic rings. The van der Waals surface area contributed by atoms with E-state index in [2.05, 4.69) is 15.9 Å². The van der Waals surface area contributed by atoms with Crippen LogP contribution in [0.2, 0.25) is 0 Å². The number of imidazole rings is 1. The molecule has 0 fully saturated rings. The molecule has 0 unspecified atom stereocenters. The van der Waals surface area contributed by atoms with Gasteiger partial charge in [0.25, 0.3) is 0 Å². The first-order chi connectivity index (χ1) is 5.95. The van der Waals surface area contributed by atoms with E-state index in [-0.39, 0.29) is 17.9 Å². The van der Waals surface area contributed by atoms with Gasteiger partial charge in [-0.15, -0.1) is 0 Å². The maximum absolute atomic E-state index is 11.4. The minimum absolute atomic E-state index is 0.0434. The van der Waals surface area contributed by atoms with Crippen LogP contribution in [0.5, 0.6) is 0 Å². The Morgan fingerprint density at radius 1 is 1.38 bits per heavy atom. The summed E-state index contributed by atoms with van der Waals surface area (Å²) in [5.74, 6) is 0.0434. The number of ketones is 1. The number of carbonyl (C=O) groups excluding carboxylic acids is 1. The van der Waals surface area contributed by atoms with Crippen LogP contribution in [-0.4, -0.2) is 14.9 Å². The number of carbonyl (C=O) groups is 1. The zero-order chi connectivity index (χ0) is 10.2. The first-order valence-corrected chi connectivity index (χ1v) is 4.64. The monoisotopic (exact) mass is 246 g/mol. The van der Waals surface area contributed by atoms with Crippen molar-refractivity contribution in [3.63, 3.8) is 0 Å². The van der Waals surface area contributed by atoms with Gasteiger partial charge in [-0.25, -0.2) is 4.79 Å². The van der Waals surface area contributed by atoms with Gasteiger partial charge in [-0.1, -0.05) is 0 Å². The number of rotatable bonds is 2. The summed E-state index contributed by atoms with van der Waals surface area (Å²) in [5.41, 5.74) is 0.600. The second-order valence-electron chi connectivity index (χ2n) is 3.02. The Kier molecular flexibility index (Phi) is 2.75. The van der Waals surface area contributed by atoms with Gasteiger partial charge in [0.1, 0.15) is 10.4 Å². The minimum Gasteiger partial charge on any atom is -0.300 e. The molecule has 5 heteroatoms. The lowest BCUT2D eigenvalue weighted by Gasteiger charge is -1.98. The average Bonchev–Trinajstić information content (AvgIpc) is 2.22. The molecule has 0 aliphatic heterocycles. The lowest BCUT2D eigenvalue weighted by Crippen LogP contribution is -2.20. The number of aromatic nitrogens is 2. The number of hydrogen-bond donors (Lipinski definition) is 0. The molecule has 0 saturated carbocycles. The maximum Gasteiger partial charge on any atom is 0.328 e. The summed E-state index contributed by atoms with van der Waals surface area (Å²) in [4.78, 5) is 22.3. The van der Waals surface area contributed by atoms with Crippen molar-refractivity contribution in [3.8, 4) is 0 Å². The molecule has 1 heterocycles. The van der Waals surface area contributed by atoms with E-state index in [1.165, 1.54) is 16.1 Å². The summed E-state index contributed by atoms with van der Waals surface area (Å²) >= 11 is 3.27. The molecule has 72 valence electrons. The van der Waals surface area contributed by atoms with Crippen LogP contribution in [0.3, 0.4) is 0 Å². The highest BCUT2D eigenvalue weighted by Gasteiger charge is 2.13. The number of nitrogens with zero attached hydrogens (tertiary/aromatic N) is 2. The molecule has 0 atom stereocenters. The Balaban J connectivity index is 3.29. The Labute approximate surface area is 84.3 Å². The van der Waals surface area contributed by atoms with Crippen molar-refractivity contribution in [1.29, 1.82) is 0 Å². The van der Waals surface area contributed by atoms with Crippen molar-refractivity contribution >= 4 is 21.7 Å². The van der Waals surface area contributed by atoms with Crippen molar-refractivity contribution < 1.29 is 4.79 Å². The first-order valence-electron chi connectivity index (χ1n) is 3.84. The molecule has 1 aromatic rings. The molecule has 0 saturated heterocycles. The van der Waals surface area contributed by atoms with Gasteiger partial charge >= 0.3 is 5.69 Å². The van der Waals surface area contributed by atoms with E-state index >= 15 is 0 Å². The fourth-order valence-corrected chi connectivity index (χ4v) is 1.74. The highest BCUT2D eigenvalue weighted by Crippen LogP contribution is 2.14. The molecular weight excluding hydrogens is 236 g/mol. The Bertz CT molecular complexity index is 403. The van der Waals surface area contributed by atoms with E-state index in [9.17, 15) is 9.59 Å². The minimum atomic E-state index is -0.122. The fraction of sp³-hybridized carbons (Fsp3) is 0.500. The van der Waals surface area contributed by atoms with Crippen LogP contribution in [0.15, 0.2) is 9.40 Å². The largest absolute Gasteiger partial charge is 0.328 e. The van der Waals surface area contributed by atoms with Gasteiger partial charge in [0.15, 0.2) is 0 Å². The molecule has 1 aromatic heterocycles. The van der Waals surface area contributed by atoms with E-state index in [4.69, 9.17) is 0 Å². The Hall–Kier alpha value is -0.840. The van der Waals surface area contributed by atoms with Gasteiger partial charge < -0.3 is 0 Å². The van der Waals surface area contributed by atoms with Gasteiger partial charge in [0.2, 0.25) is 0 Å². The zero-order valence-electron chi connectivity index (χ0n) is 7.80. The second-order valence-corrected chi connectivity index (χ2v) is 3.77. The molecule has 13 heavy (non-hydrogen) atoms. The zero-order valence-corrected chi connectivity index (χ0v) is 9.38. The third-order valence-electron chi connectivity index (χ3n) is 1.93. The van der Waals surface area contributed by atoms with Crippen molar-refractivity contribution in [2.24, 2.45) is 14.1 Å². The fourth-order valence-electron chi connectivity index (χ4n) is 1.18. The van der Waals surface area contributed by atoms with Crippen LogP contribution in [0.1, 0.15) is 12.6 Å². The van der Waals surface area contributed by atoms with Gasteiger partial charge in [-0.2, -0.15) is 0 Å². The topological polar surface area (TPSA) is 44.0 Å². The predicted molar refractivity (Wildman–Crippen MR) is 52.7 cm³/mol. The summed E-state index contributed by atoms with van der Waals surface area (Å²) in [6, 6.07) is 0. The standard InChI is InChI=1S/C8H11BrN2O2/c1-5(12)4-6-7(9)11(3)8(13)10(6)2/h4H2,1-3H3. The third-order valence-corrected chi connectivity index (χ3v) is 2.92. The van der Waals surface area contributed by atoms with E-state index in [0.717, 1.165) is 5.69 Å². The van der Waals surface area contributed by atoms with Crippen LogP contribution in [0, 0.1) is 0 Å². The third kappa shape index (κ3) is 1.75. The molecule has 1 rings (SSSR count). The van der Waals surface area contributed by atoms with Gasteiger partial charge in [0.05, 0.1) is 5.69 Å². The van der Waals surface area contributed by atoms with Crippen LogP contribution in [-0.2, 0) is 25.3 Å². The van der Waals surface area contributed by atoms with Gasteiger partial charge in [-0.05, 0) is 22.9 Å². The van der Waals surface area contributed by atoms with Gasteiger partial charge in [-0.3, -0.25) is 13.9 Å². The van der Waals surface area contributed by atoms with Crippen LogP contribution >= 0.6 is 15.9 Å². The molecule has 4 nitrogen and oxygen atoms in total. The van der Waals surface area contributed by atoms with Crippen molar-refractivity contribution in [3.05, 3.63) is 20.8 Å². The summed E-state index contributed by atoms with van der Waals surface area (Å²) < 4.78 is 3.62. The summed E-state index contributed by atoms with van der Waals surface area (Å²) in [7, 11) is 3.32. The molecule has 0 spiro atoms. The quantitative estimate of drug-likeness (QED) is 0.768. The van der Waals surface area contributed by atoms with E-state index in [1.807, 2.05) is 0 Å². The van der Waals surface area contributed by atoms with E-state index in [0.29, 0.717) is 4.60 Å². The summed E-state index contributed by atoms with van der Waals surface area (Å²) in [6.45, 7) is 1.50. The molecule has 0 aliphatic carbocycles. The van der Waals surface area contributed by atoms with E-state index in [1.54, 1.807) is 14.1 Å². The molecule has 0 N–H and O–H groups in total. The highest BCUT2D eigenvalue weighted by atomic mass is 79.9.